The summed E-state index contributed by atoms with van der Waals surface area (Å²) in [5.41, 5.74) is -1.33. The van der Waals surface area contributed by atoms with Crippen LogP contribution in [0.25, 0.3) is 0 Å². The minimum Gasteiger partial charge on any atom is -0.488 e. The quantitative estimate of drug-likeness (QED) is 0.200. The number of amides is 1. The van der Waals surface area contributed by atoms with Gasteiger partial charge in [-0.2, -0.15) is 26.3 Å². The summed E-state index contributed by atoms with van der Waals surface area (Å²) in [5, 5.41) is 14.2. The zero-order valence-corrected chi connectivity index (χ0v) is 22.5. The maximum atomic E-state index is 14.3. The van der Waals surface area contributed by atoms with Crippen molar-refractivity contribution >= 4 is 11.6 Å². The lowest BCUT2D eigenvalue weighted by atomic mass is 9.98. The summed E-state index contributed by atoms with van der Waals surface area (Å²) in [5.74, 6) is -3.50. The van der Waals surface area contributed by atoms with Crippen LogP contribution < -0.4 is 20.1 Å². The number of nitrogens with one attached hydrogen (secondary N) is 2. The fourth-order valence-electron chi connectivity index (χ4n) is 4.20. The average molecular weight is 619 g/mol. The first-order valence-electron chi connectivity index (χ1n) is 13.0. The van der Waals surface area contributed by atoms with Gasteiger partial charge in [0.25, 0.3) is 5.91 Å². The van der Waals surface area contributed by atoms with Gasteiger partial charge in [0.05, 0.1) is 17.7 Å². The van der Waals surface area contributed by atoms with Crippen LogP contribution >= 0.6 is 0 Å². The van der Waals surface area contributed by atoms with E-state index in [1.807, 2.05) is 5.32 Å². The molecule has 14 heteroatoms. The first-order valence-corrected chi connectivity index (χ1v) is 13.0. The van der Waals surface area contributed by atoms with E-state index >= 15 is 0 Å². The highest BCUT2D eigenvalue weighted by atomic mass is 19.4. The van der Waals surface area contributed by atoms with Crippen molar-refractivity contribution in [3.63, 3.8) is 0 Å². The molecular formula is C29H26F8N2O4. The highest BCUT2D eigenvalue weighted by Crippen LogP contribution is 2.48. The number of alkyl halides is 6. The summed E-state index contributed by atoms with van der Waals surface area (Å²) in [4.78, 5) is 13.3. The van der Waals surface area contributed by atoms with Gasteiger partial charge in [-0.05, 0) is 79.3 Å². The Balaban J connectivity index is 1.58. The van der Waals surface area contributed by atoms with E-state index in [-0.39, 0.29) is 28.7 Å². The average Bonchev–Trinajstić information content (AvgIpc) is 3.74. The monoisotopic (exact) mass is 618 g/mol. The Kier molecular flexibility index (Phi) is 9.50. The molecule has 1 atom stereocenters. The van der Waals surface area contributed by atoms with Crippen molar-refractivity contribution in [2.45, 2.75) is 44.1 Å². The van der Waals surface area contributed by atoms with Crippen LogP contribution in [0.1, 0.15) is 45.8 Å². The van der Waals surface area contributed by atoms with Crippen molar-refractivity contribution in [2.24, 2.45) is 0 Å². The van der Waals surface area contributed by atoms with Crippen LogP contribution in [0.5, 0.6) is 17.2 Å². The van der Waals surface area contributed by atoms with E-state index in [0.717, 1.165) is 36.4 Å². The fraction of sp³-hybridized carbons (Fsp3) is 0.345. The Morgan fingerprint density at radius 2 is 1.70 bits per heavy atom. The fourth-order valence-corrected chi connectivity index (χ4v) is 4.20. The number of aliphatic hydroxyl groups excluding tert-OH is 1. The van der Waals surface area contributed by atoms with E-state index in [0.29, 0.717) is 24.5 Å². The Morgan fingerprint density at radius 1 is 0.977 bits per heavy atom. The van der Waals surface area contributed by atoms with Gasteiger partial charge >= 0.3 is 12.4 Å². The van der Waals surface area contributed by atoms with E-state index in [4.69, 9.17) is 9.47 Å². The van der Waals surface area contributed by atoms with Crippen LogP contribution in [0.15, 0.2) is 48.5 Å². The van der Waals surface area contributed by atoms with Crippen molar-refractivity contribution in [2.75, 3.05) is 25.0 Å². The maximum absolute atomic E-state index is 14.3. The number of anilines is 1. The number of rotatable bonds is 11. The van der Waals surface area contributed by atoms with Gasteiger partial charge in [-0.15, -0.1) is 0 Å². The zero-order valence-electron chi connectivity index (χ0n) is 22.5. The summed E-state index contributed by atoms with van der Waals surface area (Å²) in [6, 6.07) is 8.33. The second kappa shape index (κ2) is 12.8. The van der Waals surface area contributed by atoms with Gasteiger partial charge in [-0.25, -0.2) is 8.78 Å². The van der Waals surface area contributed by atoms with Crippen molar-refractivity contribution in [3.05, 3.63) is 82.4 Å². The number of hydrogen-bond acceptors (Lipinski definition) is 5. The van der Waals surface area contributed by atoms with Crippen LogP contribution in [0.4, 0.5) is 40.8 Å². The van der Waals surface area contributed by atoms with Crippen molar-refractivity contribution in [1.82, 2.24) is 5.32 Å². The van der Waals surface area contributed by atoms with Crippen molar-refractivity contribution < 1.29 is 54.5 Å². The molecule has 1 fully saturated rings. The molecule has 1 amide bonds. The number of benzene rings is 3. The molecule has 0 heterocycles. The molecule has 0 bridgehead atoms. The molecule has 0 aliphatic heterocycles. The normalized spacial score (nSPS) is 14.4. The minimum atomic E-state index is -4.79. The number of aryl methyl sites for hydroxylation is 1. The van der Waals surface area contributed by atoms with E-state index in [9.17, 15) is 45.0 Å². The molecule has 1 unspecified atom stereocenters. The number of aliphatic hydroxyl groups is 1. The molecule has 1 aliphatic carbocycles. The lowest BCUT2D eigenvalue weighted by molar-refractivity contribution is -0.138. The molecule has 1 saturated carbocycles. The predicted octanol–water partition coefficient (Wildman–Crippen LogP) is 7.11. The summed E-state index contributed by atoms with van der Waals surface area (Å²) in [6.07, 6.45) is -9.68. The molecule has 0 spiro atoms. The minimum absolute atomic E-state index is 0.0421. The number of halogens is 8. The molecule has 1 aliphatic rings. The first-order chi connectivity index (χ1) is 20.1. The summed E-state index contributed by atoms with van der Waals surface area (Å²) in [6.45, 7) is -0.949. The second-order valence-corrected chi connectivity index (χ2v) is 10.0. The van der Waals surface area contributed by atoms with Crippen LogP contribution in [0.3, 0.4) is 0 Å². The predicted molar refractivity (Wildman–Crippen MR) is 139 cm³/mol. The zero-order chi connectivity index (χ0) is 31.5. The highest BCUT2D eigenvalue weighted by Gasteiger charge is 2.40. The molecule has 3 N–H and O–H groups in total. The molecule has 4 rings (SSSR count). The standard InChI is InChI=1S/C29H26F8N2O4/c1-15-8-17(30)4-7-24(15)43-25-11-20(16-2-3-16)22(29(35,36)37)10-21(25)27(41)39-18-5-6-23(31)26(9-18)42-13-19(40)12-38-14-28(32,33)34/h4-11,16,19,38,40H,2-3,12-14H2,1H3,(H,39,41). The molecule has 43 heavy (non-hydrogen) atoms. The van der Waals surface area contributed by atoms with E-state index < -0.39 is 72.6 Å². The molecule has 3 aromatic rings. The number of carbonyl (C=O) groups excluding carboxylic acids is 1. The molecule has 6 nitrogen and oxygen atoms in total. The van der Waals surface area contributed by atoms with Gasteiger partial charge in [-0.3, -0.25) is 4.79 Å². The van der Waals surface area contributed by atoms with Crippen LogP contribution in [-0.4, -0.2) is 43.0 Å². The second-order valence-electron chi connectivity index (χ2n) is 10.0. The lowest BCUT2D eigenvalue weighted by Crippen LogP contribution is -2.37. The van der Waals surface area contributed by atoms with Gasteiger partial charge in [0.1, 0.15) is 30.0 Å². The summed E-state index contributed by atoms with van der Waals surface area (Å²) >= 11 is 0. The maximum Gasteiger partial charge on any atom is 0.416 e. The highest BCUT2D eigenvalue weighted by molar-refractivity contribution is 6.06. The molecular weight excluding hydrogens is 592 g/mol. The van der Waals surface area contributed by atoms with E-state index in [1.54, 1.807) is 0 Å². The van der Waals surface area contributed by atoms with Gasteiger partial charge < -0.3 is 25.2 Å². The van der Waals surface area contributed by atoms with Gasteiger partial charge in [-0.1, -0.05) is 0 Å². The Hall–Kier alpha value is -3.91. The van der Waals surface area contributed by atoms with Crippen molar-refractivity contribution in [1.29, 1.82) is 0 Å². The third-order valence-electron chi connectivity index (χ3n) is 6.40. The SMILES string of the molecule is Cc1cc(F)ccc1Oc1cc(C2CC2)c(C(F)(F)F)cc1C(=O)Nc1ccc(F)c(OCC(O)CNCC(F)(F)F)c1. The molecule has 3 aromatic carbocycles. The number of carbonyl (C=O) groups is 1. The topological polar surface area (TPSA) is 79.8 Å². The van der Waals surface area contributed by atoms with E-state index in [1.165, 1.54) is 13.0 Å². The lowest BCUT2D eigenvalue weighted by Gasteiger charge is -2.19. The van der Waals surface area contributed by atoms with Crippen molar-refractivity contribution in [3.8, 4) is 17.2 Å². The summed E-state index contributed by atoms with van der Waals surface area (Å²) in [7, 11) is 0. The molecule has 232 valence electrons. The number of hydrogen-bond donors (Lipinski definition) is 3. The Bertz CT molecular complexity index is 1470. The Labute approximate surface area is 240 Å². The largest absolute Gasteiger partial charge is 0.488 e. The number of ether oxygens (including phenoxy) is 2. The smallest absolute Gasteiger partial charge is 0.416 e. The van der Waals surface area contributed by atoms with Gasteiger partial charge in [0.15, 0.2) is 11.6 Å². The molecule has 0 radical (unpaired) electrons. The van der Waals surface area contributed by atoms with Gasteiger partial charge in [0.2, 0.25) is 0 Å². The summed E-state index contributed by atoms with van der Waals surface area (Å²) < 4.78 is 118. The first kappa shape index (κ1) is 32.0. The van der Waals surface area contributed by atoms with Gasteiger partial charge in [0, 0.05) is 18.3 Å². The Morgan fingerprint density at radius 3 is 2.33 bits per heavy atom. The molecule has 0 aromatic heterocycles. The third kappa shape index (κ3) is 8.80. The van der Waals surface area contributed by atoms with E-state index in [2.05, 4.69) is 5.32 Å². The molecule has 0 saturated heterocycles. The van der Waals surface area contributed by atoms with Crippen LogP contribution in [0, 0.1) is 18.6 Å². The van der Waals surface area contributed by atoms with Crippen LogP contribution in [-0.2, 0) is 6.18 Å². The third-order valence-corrected chi connectivity index (χ3v) is 6.40. The van der Waals surface area contributed by atoms with Crippen LogP contribution in [0.2, 0.25) is 0 Å².